The number of alkyl halides is 2. The van der Waals surface area contributed by atoms with Crippen molar-refractivity contribution in [3.05, 3.63) is 108 Å². The molecule has 3 aromatic carbocycles. The minimum absolute atomic E-state index is 0.0502. The summed E-state index contributed by atoms with van der Waals surface area (Å²) in [5.74, 6) is -3.14. The molecular formula is C26H24F2N2O2S. The quantitative estimate of drug-likeness (QED) is 0.386. The number of para-hydroxylation sites is 1. The van der Waals surface area contributed by atoms with Gasteiger partial charge in [-0.05, 0) is 30.2 Å². The molecule has 33 heavy (non-hydrogen) atoms. The van der Waals surface area contributed by atoms with Crippen molar-refractivity contribution in [2.24, 2.45) is 0 Å². The highest BCUT2D eigenvalue weighted by molar-refractivity contribution is 7.89. The standard InChI is InChI=1S/C19H16F2N2O2S.C7H8/c20-19(21)11-15-5-1-2-6-16(15)12-23(13-19)26(24,25)17-9-3-7-14-8-4-10-22-18(14)17;1-7-5-3-2-4-6-7/h1-10H,11-13H2;2-6H,1H3. The van der Waals surface area contributed by atoms with Gasteiger partial charge in [0.25, 0.3) is 5.92 Å². The van der Waals surface area contributed by atoms with Crippen LogP contribution in [0.3, 0.4) is 0 Å². The van der Waals surface area contributed by atoms with E-state index in [4.69, 9.17) is 0 Å². The van der Waals surface area contributed by atoms with E-state index >= 15 is 0 Å². The summed E-state index contributed by atoms with van der Waals surface area (Å²) in [5.41, 5.74) is 2.69. The SMILES string of the molecule is Cc1ccccc1.O=S(=O)(c1cccc2cccnc12)N1Cc2ccccc2CC(F)(F)C1. The van der Waals surface area contributed by atoms with E-state index in [0.29, 0.717) is 16.5 Å². The Morgan fingerprint density at radius 1 is 0.848 bits per heavy atom. The molecule has 0 bridgehead atoms. The van der Waals surface area contributed by atoms with Gasteiger partial charge in [-0.2, -0.15) is 4.31 Å². The van der Waals surface area contributed by atoms with E-state index in [0.717, 1.165) is 4.31 Å². The summed E-state index contributed by atoms with van der Waals surface area (Å²) < 4.78 is 56.1. The van der Waals surface area contributed by atoms with Crippen molar-refractivity contribution >= 4 is 20.9 Å². The second-order valence-electron chi connectivity index (χ2n) is 8.06. The van der Waals surface area contributed by atoms with Gasteiger partial charge in [-0.25, -0.2) is 17.2 Å². The van der Waals surface area contributed by atoms with Gasteiger partial charge in [0.1, 0.15) is 4.90 Å². The molecule has 0 atom stereocenters. The summed E-state index contributed by atoms with van der Waals surface area (Å²) in [4.78, 5) is 4.10. The van der Waals surface area contributed by atoms with E-state index in [1.807, 2.05) is 18.2 Å². The average molecular weight is 467 g/mol. The number of hydrogen-bond acceptors (Lipinski definition) is 3. The molecule has 170 valence electrons. The molecule has 4 aromatic rings. The van der Waals surface area contributed by atoms with Crippen LogP contribution in [0.5, 0.6) is 0 Å². The van der Waals surface area contributed by atoms with Gasteiger partial charge in [0.15, 0.2) is 0 Å². The summed E-state index contributed by atoms with van der Waals surface area (Å²) in [6, 6.07) is 25.2. The molecule has 0 amide bonds. The molecule has 0 spiro atoms. The van der Waals surface area contributed by atoms with Gasteiger partial charge in [-0.3, -0.25) is 4.98 Å². The van der Waals surface area contributed by atoms with E-state index < -0.39 is 28.9 Å². The van der Waals surface area contributed by atoms with Crippen molar-refractivity contribution in [3.8, 4) is 0 Å². The highest BCUT2D eigenvalue weighted by atomic mass is 32.2. The number of fused-ring (bicyclic) bond motifs is 2. The molecule has 5 rings (SSSR count). The largest absolute Gasteiger partial charge is 0.265 e. The van der Waals surface area contributed by atoms with Gasteiger partial charge in [0.05, 0.1) is 12.1 Å². The number of halogens is 2. The van der Waals surface area contributed by atoms with Crippen LogP contribution in [0.15, 0.2) is 96.0 Å². The van der Waals surface area contributed by atoms with Gasteiger partial charge in [-0.1, -0.05) is 78.4 Å². The van der Waals surface area contributed by atoms with Crippen molar-refractivity contribution in [1.29, 1.82) is 0 Å². The normalized spacial score (nSPS) is 15.7. The molecule has 1 aromatic heterocycles. The second kappa shape index (κ2) is 9.37. The lowest BCUT2D eigenvalue weighted by molar-refractivity contribution is -0.0116. The smallest absolute Gasteiger partial charge is 0.255 e. The maximum atomic E-state index is 14.4. The fourth-order valence-electron chi connectivity index (χ4n) is 3.85. The van der Waals surface area contributed by atoms with E-state index in [2.05, 4.69) is 24.0 Å². The predicted octanol–water partition coefficient (Wildman–Crippen LogP) is 5.61. The fraction of sp³-hybridized carbons (Fsp3) is 0.192. The van der Waals surface area contributed by atoms with Gasteiger partial charge in [-0.15, -0.1) is 0 Å². The molecule has 2 heterocycles. The molecule has 7 heteroatoms. The Balaban J connectivity index is 0.000000318. The first-order valence-electron chi connectivity index (χ1n) is 10.6. The van der Waals surface area contributed by atoms with Gasteiger partial charge in [0, 0.05) is 24.5 Å². The van der Waals surface area contributed by atoms with Crippen molar-refractivity contribution < 1.29 is 17.2 Å². The molecule has 0 unspecified atom stereocenters. The molecule has 1 aliphatic rings. The zero-order valence-electron chi connectivity index (χ0n) is 18.2. The number of aryl methyl sites for hydroxylation is 1. The highest BCUT2D eigenvalue weighted by Crippen LogP contribution is 2.33. The Bertz CT molecular complexity index is 1350. The van der Waals surface area contributed by atoms with E-state index in [1.54, 1.807) is 48.5 Å². The third-order valence-electron chi connectivity index (χ3n) is 5.48. The Morgan fingerprint density at radius 2 is 1.52 bits per heavy atom. The van der Waals surface area contributed by atoms with Crippen molar-refractivity contribution in [1.82, 2.24) is 9.29 Å². The zero-order valence-corrected chi connectivity index (χ0v) is 19.0. The van der Waals surface area contributed by atoms with Crippen LogP contribution < -0.4 is 0 Å². The van der Waals surface area contributed by atoms with Crippen LogP contribution in [0, 0.1) is 6.92 Å². The number of aromatic nitrogens is 1. The Kier molecular flexibility index (Phi) is 6.54. The fourth-order valence-corrected chi connectivity index (χ4v) is 5.46. The molecule has 1 aliphatic heterocycles. The average Bonchev–Trinajstić information content (AvgIpc) is 2.94. The van der Waals surface area contributed by atoms with Crippen LogP contribution in [0.4, 0.5) is 8.78 Å². The molecule has 0 N–H and O–H groups in total. The highest BCUT2D eigenvalue weighted by Gasteiger charge is 2.41. The summed E-state index contributed by atoms with van der Waals surface area (Å²) in [7, 11) is -4.13. The Morgan fingerprint density at radius 3 is 2.21 bits per heavy atom. The molecule has 0 aliphatic carbocycles. The van der Waals surface area contributed by atoms with Crippen LogP contribution in [0.2, 0.25) is 0 Å². The summed E-state index contributed by atoms with van der Waals surface area (Å²) >= 11 is 0. The summed E-state index contributed by atoms with van der Waals surface area (Å²) in [6.45, 7) is 1.14. The van der Waals surface area contributed by atoms with Gasteiger partial charge in [0.2, 0.25) is 10.0 Å². The minimum Gasteiger partial charge on any atom is -0.255 e. The zero-order chi connectivity index (χ0) is 23.5. The summed E-state index contributed by atoms with van der Waals surface area (Å²) in [5, 5.41) is 0.649. The predicted molar refractivity (Wildman–Crippen MR) is 126 cm³/mol. The first-order valence-corrected chi connectivity index (χ1v) is 12.0. The van der Waals surface area contributed by atoms with E-state index in [1.165, 1.54) is 17.8 Å². The van der Waals surface area contributed by atoms with E-state index in [-0.39, 0.29) is 17.0 Å². The third-order valence-corrected chi connectivity index (χ3v) is 7.30. The van der Waals surface area contributed by atoms with Crippen LogP contribution >= 0.6 is 0 Å². The molecule has 4 nitrogen and oxygen atoms in total. The molecular weight excluding hydrogens is 442 g/mol. The number of hydrogen-bond donors (Lipinski definition) is 0. The van der Waals surface area contributed by atoms with Crippen LogP contribution in [0.1, 0.15) is 16.7 Å². The van der Waals surface area contributed by atoms with Gasteiger partial charge >= 0.3 is 0 Å². The molecule has 0 saturated heterocycles. The van der Waals surface area contributed by atoms with E-state index in [9.17, 15) is 17.2 Å². The first-order chi connectivity index (χ1) is 15.8. The molecule has 0 fully saturated rings. The number of sulfonamides is 1. The van der Waals surface area contributed by atoms with Crippen molar-refractivity contribution in [2.45, 2.75) is 30.7 Å². The minimum atomic E-state index is -4.13. The molecule has 0 saturated carbocycles. The second-order valence-corrected chi connectivity index (χ2v) is 9.97. The Hall–Kier alpha value is -3.16. The summed E-state index contributed by atoms with van der Waals surface area (Å²) in [6.07, 6.45) is 1.02. The van der Waals surface area contributed by atoms with Crippen LogP contribution in [0.25, 0.3) is 10.9 Å². The topological polar surface area (TPSA) is 50.3 Å². The first kappa shape index (κ1) is 23.0. The van der Waals surface area contributed by atoms with Crippen LogP contribution in [-0.4, -0.2) is 30.2 Å². The van der Waals surface area contributed by atoms with Crippen molar-refractivity contribution in [3.63, 3.8) is 0 Å². The van der Waals surface area contributed by atoms with Crippen LogP contribution in [-0.2, 0) is 23.0 Å². The lowest BCUT2D eigenvalue weighted by atomic mass is 10.0. The third kappa shape index (κ3) is 5.26. The number of rotatable bonds is 2. The number of pyridine rings is 1. The lowest BCUT2D eigenvalue weighted by Gasteiger charge is -2.24. The maximum Gasteiger partial charge on any atom is 0.265 e. The number of benzene rings is 3. The maximum absolute atomic E-state index is 14.4. The monoisotopic (exact) mass is 466 g/mol. The Labute approximate surface area is 192 Å². The lowest BCUT2D eigenvalue weighted by Crippen LogP contribution is -2.39. The van der Waals surface area contributed by atoms with Gasteiger partial charge < -0.3 is 0 Å². The number of nitrogens with zero attached hydrogens (tertiary/aromatic N) is 2. The molecule has 0 radical (unpaired) electrons. The van der Waals surface area contributed by atoms with Crippen molar-refractivity contribution in [2.75, 3.05) is 6.54 Å².